The highest BCUT2D eigenvalue weighted by Crippen LogP contribution is 2.27. The van der Waals surface area contributed by atoms with Crippen molar-refractivity contribution in [3.63, 3.8) is 0 Å². The van der Waals surface area contributed by atoms with Crippen LogP contribution in [0, 0.1) is 6.92 Å². The largest absolute Gasteiger partial charge is 0.436 e. The summed E-state index contributed by atoms with van der Waals surface area (Å²) in [7, 11) is 0. The molecule has 3 aromatic heterocycles. The predicted octanol–water partition coefficient (Wildman–Crippen LogP) is 2.67. The molecule has 7 nitrogen and oxygen atoms in total. The van der Waals surface area contributed by atoms with Gasteiger partial charge in [-0.15, -0.1) is 0 Å². The highest BCUT2D eigenvalue weighted by molar-refractivity contribution is 5.80. The van der Waals surface area contributed by atoms with Gasteiger partial charge in [0, 0.05) is 12.2 Å². The van der Waals surface area contributed by atoms with E-state index < -0.39 is 0 Å². The van der Waals surface area contributed by atoms with Crippen LogP contribution in [0.1, 0.15) is 19.0 Å². The summed E-state index contributed by atoms with van der Waals surface area (Å²) in [4.78, 5) is 13.0. The van der Waals surface area contributed by atoms with Crippen LogP contribution in [0.15, 0.2) is 24.5 Å². The lowest BCUT2D eigenvalue weighted by atomic mass is 10.3. The molecule has 0 radical (unpaired) electrons. The van der Waals surface area contributed by atoms with Gasteiger partial charge in [-0.05, 0) is 25.5 Å². The van der Waals surface area contributed by atoms with Gasteiger partial charge in [-0.2, -0.15) is 15.1 Å². The number of anilines is 1. The van der Waals surface area contributed by atoms with Crippen molar-refractivity contribution in [2.24, 2.45) is 0 Å². The summed E-state index contributed by atoms with van der Waals surface area (Å²) in [5, 5.41) is 10.7. The van der Waals surface area contributed by atoms with Crippen LogP contribution in [0.25, 0.3) is 11.0 Å². The zero-order chi connectivity index (χ0) is 14.7. The van der Waals surface area contributed by atoms with E-state index in [1.165, 1.54) is 0 Å². The summed E-state index contributed by atoms with van der Waals surface area (Å²) in [6.07, 6.45) is 4.31. The third-order valence-corrected chi connectivity index (χ3v) is 2.91. The summed E-state index contributed by atoms with van der Waals surface area (Å²) >= 11 is 0. The number of aromatic nitrogens is 5. The summed E-state index contributed by atoms with van der Waals surface area (Å²) in [6, 6.07) is 3.74. The van der Waals surface area contributed by atoms with Crippen molar-refractivity contribution in [2.45, 2.75) is 20.3 Å². The van der Waals surface area contributed by atoms with Gasteiger partial charge in [-0.25, -0.2) is 0 Å². The molecule has 0 unspecified atom stereocenters. The molecule has 108 valence electrons. The minimum atomic E-state index is 0.456. The molecule has 2 N–H and O–H groups in total. The van der Waals surface area contributed by atoms with Crippen LogP contribution in [0.4, 0.5) is 5.95 Å². The Morgan fingerprint density at radius 2 is 2.14 bits per heavy atom. The quantitative estimate of drug-likeness (QED) is 0.748. The first-order valence-electron chi connectivity index (χ1n) is 6.81. The van der Waals surface area contributed by atoms with Gasteiger partial charge in [0.15, 0.2) is 5.65 Å². The Labute approximate surface area is 121 Å². The molecule has 0 aliphatic heterocycles. The first-order valence-corrected chi connectivity index (χ1v) is 6.81. The first kappa shape index (κ1) is 13.3. The summed E-state index contributed by atoms with van der Waals surface area (Å²) in [5.41, 5.74) is 1.57. The van der Waals surface area contributed by atoms with Crippen LogP contribution >= 0.6 is 0 Å². The number of hydrogen-bond acceptors (Lipinski definition) is 6. The van der Waals surface area contributed by atoms with Gasteiger partial charge >= 0.3 is 0 Å². The van der Waals surface area contributed by atoms with Crippen LogP contribution in [-0.2, 0) is 0 Å². The van der Waals surface area contributed by atoms with E-state index >= 15 is 0 Å². The van der Waals surface area contributed by atoms with Crippen molar-refractivity contribution in [3.8, 4) is 11.6 Å². The maximum absolute atomic E-state index is 5.81. The monoisotopic (exact) mass is 284 g/mol. The fourth-order valence-electron chi connectivity index (χ4n) is 1.83. The molecule has 0 saturated carbocycles. The summed E-state index contributed by atoms with van der Waals surface area (Å²) in [5.74, 6) is 1.60. The van der Waals surface area contributed by atoms with Crippen molar-refractivity contribution >= 4 is 17.0 Å². The maximum atomic E-state index is 5.81. The molecule has 0 amide bonds. The maximum Gasteiger partial charge on any atom is 0.235 e. The average molecular weight is 284 g/mol. The number of fused-ring (bicyclic) bond motifs is 1. The van der Waals surface area contributed by atoms with Gasteiger partial charge < -0.3 is 10.1 Å². The smallest absolute Gasteiger partial charge is 0.235 e. The zero-order valence-corrected chi connectivity index (χ0v) is 11.9. The molecule has 0 atom stereocenters. The number of rotatable bonds is 5. The third-order valence-electron chi connectivity index (χ3n) is 2.91. The number of H-pyrrole nitrogens is 1. The molecule has 3 heterocycles. The first-order chi connectivity index (χ1) is 10.3. The Morgan fingerprint density at radius 3 is 2.90 bits per heavy atom. The van der Waals surface area contributed by atoms with E-state index in [-0.39, 0.29) is 0 Å². The van der Waals surface area contributed by atoms with E-state index in [9.17, 15) is 0 Å². The Morgan fingerprint density at radius 1 is 1.24 bits per heavy atom. The van der Waals surface area contributed by atoms with Crippen molar-refractivity contribution in [2.75, 3.05) is 11.9 Å². The minimum Gasteiger partial charge on any atom is -0.436 e. The molecule has 7 heteroatoms. The van der Waals surface area contributed by atoms with E-state index in [1.54, 1.807) is 12.4 Å². The van der Waals surface area contributed by atoms with Crippen LogP contribution < -0.4 is 10.1 Å². The standard InChI is InChI=1S/C14H16N6O/c1-3-6-15-14-18-12-11(8-17-20-12)13(19-14)21-10-5-4-9(2)16-7-10/h4-5,7-8H,3,6H2,1-2H3,(H2,15,17,18,19,20). The summed E-state index contributed by atoms with van der Waals surface area (Å²) in [6.45, 7) is 4.80. The molecule has 0 aliphatic carbocycles. The topological polar surface area (TPSA) is 88.6 Å². The lowest BCUT2D eigenvalue weighted by Gasteiger charge is -2.08. The van der Waals surface area contributed by atoms with Gasteiger partial charge in [-0.3, -0.25) is 10.1 Å². The lowest BCUT2D eigenvalue weighted by Crippen LogP contribution is -2.05. The molecule has 3 rings (SSSR count). The molecule has 3 aromatic rings. The SMILES string of the molecule is CCCNc1nc(Oc2ccc(C)nc2)c2cn[nH]c2n1. The van der Waals surface area contributed by atoms with Crippen molar-refractivity contribution in [1.29, 1.82) is 0 Å². The van der Waals surface area contributed by atoms with Crippen molar-refractivity contribution < 1.29 is 4.74 Å². The van der Waals surface area contributed by atoms with E-state index in [1.807, 2.05) is 19.1 Å². The number of nitrogens with zero attached hydrogens (tertiary/aromatic N) is 4. The normalized spacial score (nSPS) is 10.8. The number of pyridine rings is 1. The van der Waals surface area contributed by atoms with Crippen LogP contribution in [0.3, 0.4) is 0 Å². The van der Waals surface area contributed by atoms with Crippen molar-refractivity contribution in [1.82, 2.24) is 25.1 Å². The van der Waals surface area contributed by atoms with E-state index in [0.29, 0.717) is 23.2 Å². The second-order valence-electron chi connectivity index (χ2n) is 4.65. The second-order valence-corrected chi connectivity index (χ2v) is 4.65. The van der Waals surface area contributed by atoms with Gasteiger partial charge in [-0.1, -0.05) is 6.92 Å². The number of aromatic amines is 1. The molecule has 0 fully saturated rings. The fraction of sp³-hybridized carbons (Fsp3) is 0.286. The molecule has 0 aliphatic rings. The van der Waals surface area contributed by atoms with E-state index in [0.717, 1.165) is 24.0 Å². The third kappa shape index (κ3) is 2.91. The minimum absolute atomic E-state index is 0.456. The van der Waals surface area contributed by atoms with Crippen molar-refractivity contribution in [3.05, 3.63) is 30.2 Å². The molecule has 0 saturated heterocycles. The second kappa shape index (κ2) is 5.74. The van der Waals surface area contributed by atoms with E-state index in [4.69, 9.17) is 4.74 Å². The van der Waals surface area contributed by atoms with E-state index in [2.05, 4.69) is 37.4 Å². The average Bonchev–Trinajstić information content (AvgIpc) is 2.96. The van der Waals surface area contributed by atoms with Gasteiger partial charge in [0.2, 0.25) is 11.8 Å². The highest BCUT2D eigenvalue weighted by atomic mass is 16.5. The van der Waals surface area contributed by atoms with Crippen LogP contribution in [0.2, 0.25) is 0 Å². The predicted molar refractivity (Wildman–Crippen MR) is 79.5 cm³/mol. The zero-order valence-electron chi connectivity index (χ0n) is 11.9. The highest BCUT2D eigenvalue weighted by Gasteiger charge is 2.11. The molecule has 0 bridgehead atoms. The van der Waals surface area contributed by atoms with Crippen LogP contribution in [-0.4, -0.2) is 31.7 Å². The van der Waals surface area contributed by atoms with Crippen LogP contribution in [0.5, 0.6) is 11.6 Å². The van der Waals surface area contributed by atoms with Gasteiger partial charge in [0.1, 0.15) is 11.1 Å². The molecule has 21 heavy (non-hydrogen) atoms. The molecular weight excluding hydrogens is 268 g/mol. The number of nitrogens with one attached hydrogen (secondary N) is 2. The lowest BCUT2D eigenvalue weighted by molar-refractivity contribution is 0.466. The molecule has 0 aromatic carbocycles. The number of hydrogen-bond donors (Lipinski definition) is 2. The molecule has 0 spiro atoms. The Balaban J connectivity index is 1.95. The van der Waals surface area contributed by atoms with Gasteiger partial charge in [0.05, 0.1) is 12.4 Å². The number of ether oxygens (including phenoxy) is 1. The Kier molecular flexibility index (Phi) is 3.63. The Bertz CT molecular complexity index is 737. The van der Waals surface area contributed by atoms with Gasteiger partial charge in [0.25, 0.3) is 0 Å². The summed E-state index contributed by atoms with van der Waals surface area (Å²) < 4.78 is 5.81. The molecular formula is C14H16N6O. The Hall–Kier alpha value is -2.70. The fourth-order valence-corrected chi connectivity index (χ4v) is 1.83. The number of aryl methyl sites for hydroxylation is 1.